The number of hydrogen-bond donors (Lipinski definition) is 1. The first kappa shape index (κ1) is 16.9. The number of nitrogens with one attached hydrogen (secondary N) is 1. The smallest absolute Gasteiger partial charge is 0.345 e. The number of aromatic nitrogens is 2. The lowest BCUT2D eigenvalue weighted by Crippen LogP contribution is -2.21. The summed E-state index contributed by atoms with van der Waals surface area (Å²) in [5, 5.41) is 0.245. The standard InChI is InChI=1S/C16H14ClFN2O3/c1-3-23-16(22)12-8-19-14(20-15(12)21)9(2)6-10-4-5-11(18)7-13(10)17/h4-8H,3H2,1-2H3,(H,19,20,21). The van der Waals surface area contributed by atoms with Gasteiger partial charge in [0.25, 0.3) is 5.56 Å². The van der Waals surface area contributed by atoms with Gasteiger partial charge in [-0.1, -0.05) is 17.7 Å². The van der Waals surface area contributed by atoms with E-state index in [1.807, 2.05) is 0 Å². The Labute approximate surface area is 136 Å². The van der Waals surface area contributed by atoms with Gasteiger partial charge in [0, 0.05) is 6.20 Å². The summed E-state index contributed by atoms with van der Waals surface area (Å²) in [7, 11) is 0. The predicted molar refractivity (Wildman–Crippen MR) is 85.8 cm³/mol. The van der Waals surface area contributed by atoms with E-state index in [0.717, 1.165) is 6.20 Å². The lowest BCUT2D eigenvalue weighted by molar-refractivity contribution is 0.0523. The van der Waals surface area contributed by atoms with Crippen LogP contribution in [0, 0.1) is 5.82 Å². The second kappa shape index (κ2) is 7.19. The van der Waals surface area contributed by atoms with Gasteiger partial charge >= 0.3 is 5.97 Å². The molecule has 0 radical (unpaired) electrons. The van der Waals surface area contributed by atoms with Crippen LogP contribution in [0.15, 0.2) is 29.2 Å². The molecule has 0 bridgehead atoms. The summed E-state index contributed by atoms with van der Waals surface area (Å²) in [6, 6.07) is 4.00. The topological polar surface area (TPSA) is 72.0 Å². The van der Waals surface area contributed by atoms with Crippen LogP contribution in [-0.4, -0.2) is 22.5 Å². The maximum absolute atomic E-state index is 13.0. The van der Waals surface area contributed by atoms with Gasteiger partial charge in [-0.2, -0.15) is 0 Å². The molecule has 1 heterocycles. The Kier molecular flexibility index (Phi) is 5.28. The minimum absolute atomic E-state index is 0.164. The Hall–Kier alpha value is -2.47. The van der Waals surface area contributed by atoms with Gasteiger partial charge in [-0.15, -0.1) is 0 Å². The van der Waals surface area contributed by atoms with Crippen molar-refractivity contribution < 1.29 is 13.9 Å². The lowest BCUT2D eigenvalue weighted by atomic mass is 10.1. The molecule has 0 saturated carbocycles. The summed E-state index contributed by atoms with van der Waals surface area (Å²) in [6.07, 6.45) is 2.82. The number of hydrogen-bond acceptors (Lipinski definition) is 4. The highest BCUT2D eigenvalue weighted by Gasteiger charge is 2.13. The minimum Gasteiger partial charge on any atom is -0.462 e. The third-order valence-corrected chi connectivity index (χ3v) is 3.33. The van der Waals surface area contributed by atoms with Gasteiger partial charge in [0.2, 0.25) is 0 Å². The van der Waals surface area contributed by atoms with Gasteiger partial charge in [-0.3, -0.25) is 4.79 Å². The van der Waals surface area contributed by atoms with Gasteiger partial charge < -0.3 is 9.72 Å². The molecule has 0 atom stereocenters. The molecule has 120 valence electrons. The van der Waals surface area contributed by atoms with E-state index in [1.165, 1.54) is 18.2 Å². The summed E-state index contributed by atoms with van der Waals surface area (Å²) in [5.41, 5.74) is 0.434. The minimum atomic E-state index is -0.726. The average Bonchev–Trinajstić information content (AvgIpc) is 2.50. The van der Waals surface area contributed by atoms with Crippen molar-refractivity contribution >= 4 is 29.2 Å². The molecule has 2 rings (SSSR count). The summed E-state index contributed by atoms with van der Waals surface area (Å²) < 4.78 is 17.8. The molecule has 0 spiro atoms. The summed E-state index contributed by atoms with van der Waals surface area (Å²) in [5.74, 6) is -0.880. The SMILES string of the molecule is CCOC(=O)c1cnc(C(C)=Cc2ccc(F)cc2Cl)[nH]c1=O. The van der Waals surface area contributed by atoms with E-state index in [1.54, 1.807) is 19.9 Å². The zero-order valence-electron chi connectivity index (χ0n) is 12.5. The second-order valence-electron chi connectivity index (χ2n) is 4.69. The van der Waals surface area contributed by atoms with Crippen molar-refractivity contribution in [3.63, 3.8) is 0 Å². The van der Waals surface area contributed by atoms with Crippen molar-refractivity contribution in [1.82, 2.24) is 9.97 Å². The van der Waals surface area contributed by atoms with Gasteiger partial charge in [0.15, 0.2) is 0 Å². The molecule has 0 saturated heterocycles. The Bertz CT molecular complexity index is 830. The fourth-order valence-electron chi connectivity index (χ4n) is 1.87. The summed E-state index contributed by atoms with van der Waals surface area (Å²) >= 11 is 5.96. The van der Waals surface area contributed by atoms with Crippen LogP contribution < -0.4 is 5.56 Å². The lowest BCUT2D eigenvalue weighted by Gasteiger charge is -2.05. The first-order chi connectivity index (χ1) is 10.9. The highest BCUT2D eigenvalue weighted by molar-refractivity contribution is 6.32. The number of benzene rings is 1. The molecule has 7 heteroatoms. The number of carbonyl (C=O) groups is 1. The van der Waals surface area contributed by atoms with Crippen LogP contribution in [0.5, 0.6) is 0 Å². The number of allylic oxidation sites excluding steroid dienone is 1. The first-order valence-electron chi connectivity index (χ1n) is 6.82. The predicted octanol–water partition coefficient (Wildman–Crippen LogP) is 3.30. The molecule has 23 heavy (non-hydrogen) atoms. The molecular weight excluding hydrogens is 323 g/mol. The quantitative estimate of drug-likeness (QED) is 0.869. The van der Waals surface area contributed by atoms with Gasteiger partial charge in [-0.05, 0) is 43.2 Å². The van der Waals surface area contributed by atoms with E-state index in [9.17, 15) is 14.0 Å². The maximum atomic E-state index is 13.0. The molecule has 0 fully saturated rings. The van der Waals surface area contributed by atoms with Crippen molar-refractivity contribution in [2.45, 2.75) is 13.8 Å². The molecule has 0 amide bonds. The van der Waals surface area contributed by atoms with E-state index < -0.39 is 17.3 Å². The first-order valence-corrected chi connectivity index (χ1v) is 7.20. The van der Waals surface area contributed by atoms with E-state index in [4.69, 9.17) is 16.3 Å². The highest BCUT2D eigenvalue weighted by Crippen LogP contribution is 2.22. The van der Waals surface area contributed by atoms with Crippen LogP contribution in [0.4, 0.5) is 4.39 Å². The number of halogens is 2. The Morgan fingerprint density at radius 3 is 2.83 bits per heavy atom. The van der Waals surface area contributed by atoms with Gasteiger partial charge in [0.1, 0.15) is 17.2 Å². The van der Waals surface area contributed by atoms with Gasteiger partial charge in [-0.25, -0.2) is 14.2 Å². The number of ether oxygens (including phenoxy) is 1. The normalized spacial score (nSPS) is 11.4. The van der Waals surface area contributed by atoms with Gasteiger partial charge in [0.05, 0.1) is 11.6 Å². The van der Waals surface area contributed by atoms with Crippen molar-refractivity contribution in [3.05, 3.63) is 62.5 Å². The number of esters is 1. The van der Waals surface area contributed by atoms with Crippen LogP contribution in [0.25, 0.3) is 11.6 Å². The van der Waals surface area contributed by atoms with Crippen molar-refractivity contribution in [1.29, 1.82) is 0 Å². The maximum Gasteiger partial charge on any atom is 0.345 e. The Morgan fingerprint density at radius 2 is 2.22 bits per heavy atom. The molecule has 5 nitrogen and oxygen atoms in total. The zero-order valence-corrected chi connectivity index (χ0v) is 13.3. The fourth-order valence-corrected chi connectivity index (χ4v) is 2.09. The molecule has 0 aliphatic rings. The third-order valence-electron chi connectivity index (χ3n) is 3.00. The number of H-pyrrole nitrogens is 1. The molecule has 0 aliphatic heterocycles. The highest BCUT2D eigenvalue weighted by atomic mass is 35.5. The van der Waals surface area contributed by atoms with Crippen LogP contribution in [0.3, 0.4) is 0 Å². The van der Waals surface area contributed by atoms with Crippen LogP contribution in [-0.2, 0) is 4.74 Å². The Morgan fingerprint density at radius 1 is 1.48 bits per heavy atom. The summed E-state index contributed by atoms with van der Waals surface area (Å²) in [6.45, 7) is 3.53. The fraction of sp³-hybridized carbons (Fsp3) is 0.188. The third kappa shape index (κ3) is 4.04. The summed E-state index contributed by atoms with van der Waals surface area (Å²) in [4.78, 5) is 30.0. The molecule has 0 aliphatic carbocycles. The van der Waals surface area contributed by atoms with Crippen molar-refractivity contribution in [3.8, 4) is 0 Å². The van der Waals surface area contributed by atoms with Crippen LogP contribution >= 0.6 is 11.6 Å². The van der Waals surface area contributed by atoms with E-state index in [2.05, 4.69) is 9.97 Å². The monoisotopic (exact) mass is 336 g/mol. The number of rotatable bonds is 4. The molecule has 0 unspecified atom stereocenters. The van der Waals surface area contributed by atoms with Crippen molar-refractivity contribution in [2.75, 3.05) is 6.61 Å². The number of nitrogens with zero attached hydrogens (tertiary/aromatic N) is 1. The second-order valence-corrected chi connectivity index (χ2v) is 5.10. The largest absolute Gasteiger partial charge is 0.462 e. The van der Waals surface area contributed by atoms with Crippen molar-refractivity contribution in [2.24, 2.45) is 0 Å². The average molecular weight is 337 g/mol. The van der Waals surface area contributed by atoms with E-state index >= 15 is 0 Å². The van der Waals surface area contributed by atoms with Crippen LogP contribution in [0.1, 0.15) is 35.6 Å². The Balaban J connectivity index is 2.34. The van der Waals surface area contributed by atoms with E-state index in [0.29, 0.717) is 11.1 Å². The zero-order chi connectivity index (χ0) is 17.0. The van der Waals surface area contributed by atoms with E-state index in [-0.39, 0.29) is 23.0 Å². The molecule has 1 N–H and O–H groups in total. The number of aromatic amines is 1. The molecule has 2 aromatic rings. The molecule has 1 aromatic heterocycles. The molecule has 1 aromatic carbocycles. The number of carbonyl (C=O) groups excluding carboxylic acids is 1. The molecular formula is C16H14ClFN2O3. The van der Waals surface area contributed by atoms with Crippen LogP contribution in [0.2, 0.25) is 5.02 Å².